The maximum Gasteiger partial charge on any atom is 0.339 e. The Morgan fingerprint density at radius 2 is 1.77 bits per heavy atom. The van der Waals surface area contributed by atoms with Gasteiger partial charge in [0.2, 0.25) is 0 Å². The van der Waals surface area contributed by atoms with Crippen molar-refractivity contribution in [2.45, 2.75) is 25.1 Å². The average molecular weight is 345 g/mol. The largest absolute Gasteiger partial charge is 0.460 e. The van der Waals surface area contributed by atoms with Gasteiger partial charge in [0.25, 0.3) is 0 Å². The number of alkyl halides is 1. The summed E-state index contributed by atoms with van der Waals surface area (Å²) >= 11 is 12.3. The molecule has 1 rings (SSSR count). The summed E-state index contributed by atoms with van der Waals surface area (Å²) < 4.78 is 10.1. The number of carbonyl (C=O) groups is 2. The van der Waals surface area contributed by atoms with E-state index in [2.05, 4.69) is 13.2 Å². The van der Waals surface area contributed by atoms with E-state index in [4.69, 9.17) is 32.7 Å². The summed E-state index contributed by atoms with van der Waals surface area (Å²) in [5.74, 6) is -1.22. The fourth-order valence-corrected chi connectivity index (χ4v) is 2.25. The lowest BCUT2D eigenvalue weighted by atomic mass is 9.95. The summed E-state index contributed by atoms with van der Waals surface area (Å²) in [5, 5.41) is 0.150. The van der Waals surface area contributed by atoms with Crippen molar-refractivity contribution in [1.29, 1.82) is 0 Å². The predicted molar refractivity (Wildman–Crippen MR) is 86.8 cm³/mol. The molecule has 6 heteroatoms. The third-order valence-electron chi connectivity index (χ3n) is 2.68. The van der Waals surface area contributed by atoms with Gasteiger partial charge in [-0.1, -0.05) is 30.8 Å². The van der Waals surface area contributed by atoms with E-state index in [-0.39, 0.29) is 30.2 Å². The molecule has 1 aliphatic rings. The van der Waals surface area contributed by atoms with Gasteiger partial charge in [-0.3, -0.25) is 0 Å². The number of halogens is 2. The van der Waals surface area contributed by atoms with Crippen LogP contribution in [-0.4, -0.2) is 30.0 Å². The minimum atomic E-state index is -1.43. The second-order valence-electron chi connectivity index (χ2n) is 5.26. The molecule has 1 aliphatic carbocycles. The van der Waals surface area contributed by atoms with Gasteiger partial charge in [-0.15, -0.1) is 11.6 Å². The third kappa shape index (κ3) is 5.04. The Morgan fingerprint density at radius 3 is 2.27 bits per heavy atom. The average Bonchev–Trinajstić information content (AvgIpc) is 2.42. The van der Waals surface area contributed by atoms with Crippen LogP contribution in [0.3, 0.4) is 0 Å². The number of carbonyl (C=O) groups excluding carboxylic acids is 2. The second kappa shape index (κ2) is 7.65. The molecule has 0 spiro atoms. The van der Waals surface area contributed by atoms with Crippen LogP contribution in [0.15, 0.2) is 47.1 Å². The van der Waals surface area contributed by atoms with Gasteiger partial charge in [0, 0.05) is 11.5 Å². The molecule has 22 heavy (non-hydrogen) atoms. The zero-order chi connectivity index (χ0) is 16.9. The SMILES string of the molecule is C=C(C)COC(=O)C1=C(Cl)CC(Cl)(C(=O)OCC(=C)C)C=C1. The first-order chi connectivity index (χ1) is 10.2. The Kier molecular flexibility index (Phi) is 6.45. The van der Waals surface area contributed by atoms with Gasteiger partial charge in [0.1, 0.15) is 13.2 Å². The van der Waals surface area contributed by atoms with Crippen molar-refractivity contribution in [3.63, 3.8) is 0 Å². The van der Waals surface area contributed by atoms with E-state index in [0.717, 1.165) is 0 Å². The van der Waals surface area contributed by atoms with Gasteiger partial charge in [0.15, 0.2) is 4.87 Å². The zero-order valence-corrected chi connectivity index (χ0v) is 14.1. The predicted octanol–water partition coefficient (Wildman–Crippen LogP) is 3.66. The molecule has 4 nitrogen and oxygen atoms in total. The van der Waals surface area contributed by atoms with Gasteiger partial charge >= 0.3 is 11.9 Å². The number of hydrogen-bond acceptors (Lipinski definition) is 4. The van der Waals surface area contributed by atoms with Crippen LogP contribution in [0.4, 0.5) is 0 Å². The van der Waals surface area contributed by atoms with Crippen molar-refractivity contribution in [3.8, 4) is 0 Å². The van der Waals surface area contributed by atoms with Crippen molar-refractivity contribution in [3.05, 3.63) is 47.1 Å². The summed E-state index contributed by atoms with van der Waals surface area (Å²) in [6.07, 6.45) is 2.72. The molecule has 1 unspecified atom stereocenters. The molecular formula is C16H18Cl2O4. The molecule has 0 heterocycles. The van der Waals surface area contributed by atoms with Gasteiger partial charge in [0.05, 0.1) is 5.57 Å². The third-order valence-corrected chi connectivity index (χ3v) is 3.43. The molecule has 0 aliphatic heterocycles. The van der Waals surface area contributed by atoms with E-state index >= 15 is 0 Å². The highest BCUT2D eigenvalue weighted by atomic mass is 35.5. The van der Waals surface area contributed by atoms with E-state index in [9.17, 15) is 9.59 Å². The van der Waals surface area contributed by atoms with E-state index in [1.807, 2.05) is 0 Å². The maximum atomic E-state index is 12.0. The normalized spacial score (nSPS) is 20.5. The Bertz CT molecular complexity index is 575. The van der Waals surface area contributed by atoms with Crippen LogP contribution >= 0.6 is 23.2 Å². The Hall–Kier alpha value is -1.52. The first-order valence-corrected chi connectivity index (χ1v) is 7.31. The lowest BCUT2D eigenvalue weighted by Gasteiger charge is -2.25. The smallest absolute Gasteiger partial charge is 0.339 e. The highest BCUT2D eigenvalue weighted by molar-refractivity contribution is 6.39. The van der Waals surface area contributed by atoms with Gasteiger partial charge in [-0.05, 0) is 31.1 Å². The van der Waals surface area contributed by atoms with Crippen LogP contribution in [0.25, 0.3) is 0 Å². The Labute approximate surface area is 140 Å². The summed E-state index contributed by atoms with van der Waals surface area (Å²) in [4.78, 5) is 22.5. The summed E-state index contributed by atoms with van der Waals surface area (Å²) in [7, 11) is 0. The lowest BCUT2D eigenvalue weighted by molar-refractivity contribution is -0.144. The van der Waals surface area contributed by atoms with Crippen LogP contribution in [0.5, 0.6) is 0 Å². The first-order valence-electron chi connectivity index (χ1n) is 6.55. The van der Waals surface area contributed by atoms with Crippen LogP contribution in [-0.2, 0) is 19.1 Å². The fraction of sp³-hybridized carbons (Fsp3) is 0.375. The number of esters is 2. The molecule has 0 saturated heterocycles. The standard InChI is InChI=1S/C16H18Cl2O4/c1-10(2)8-21-14(19)12-5-6-16(18,7-13(12)17)15(20)22-9-11(3)4/h5-6H,1,3,7-9H2,2,4H3. The van der Waals surface area contributed by atoms with E-state index < -0.39 is 16.8 Å². The zero-order valence-electron chi connectivity index (χ0n) is 12.6. The highest BCUT2D eigenvalue weighted by Crippen LogP contribution is 2.36. The molecule has 0 aromatic carbocycles. The number of hydrogen-bond donors (Lipinski definition) is 0. The van der Waals surface area contributed by atoms with Crippen LogP contribution in [0.2, 0.25) is 0 Å². The van der Waals surface area contributed by atoms with Crippen molar-refractivity contribution in [2.24, 2.45) is 0 Å². The number of ether oxygens (including phenoxy) is 2. The molecule has 0 N–H and O–H groups in total. The quantitative estimate of drug-likeness (QED) is 0.419. The number of allylic oxidation sites excluding steroid dienone is 1. The topological polar surface area (TPSA) is 52.6 Å². The molecule has 0 fully saturated rings. The van der Waals surface area contributed by atoms with E-state index in [1.165, 1.54) is 12.2 Å². The lowest BCUT2D eigenvalue weighted by Crippen LogP contribution is -2.35. The fourth-order valence-electron chi connectivity index (χ4n) is 1.58. The highest BCUT2D eigenvalue weighted by Gasteiger charge is 2.39. The first kappa shape index (κ1) is 18.5. The van der Waals surface area contributed by atoms with Crippen molar-refractivity contribution >= 4 is 35.1 Å². The molecule has 0 saturated carbocycles. The molecule has 0 aromatic heterocycles. The van der Waals surface area contributed by atoms with Gasteiger partial charge < -0.3 is 9.47 Å². The summed E-state index contributed by atoms with van der Waals surface area (Å²) in [6.45, 7) is 10.9. The van der Waals surface area contributed by atoms with Crippen molar-refractivity contribution in [2.75, 3.05) is 13.2 Å². The van der Waals surface area contributed by atoms with E-state index in [1.54, 1.807) is 13.8 Å². The van der Waals surface area contributed by atoms with Gasteiger partial charge in [-0.25, -0.2) is 9.59 Å². The molecular weight excluding hydrogens is 327 g/mol. The van der Waals surface area contributed by atoms with Crippen LogP contribution < -0.4 is 0 Å². The minimum Gasteiger partial charge on any atom is -0.460 e. The van der Waals surface area contributed by atoms with Crippen LogP contribution in [0.1, 0.15) is 20.3 Å². The molecule has 0 aromatic rings. The Balaban J connectivity index is 2.77. The molecule has 1 atom stereocenters. The maximum absolute atomic E-state index is 12.0. The van der Waals surface area contributed by atoms with Crippen LogP contribution in [0, 0.1) is 0 Å². The monoisotopic (exact) mass is 344 g/mol. The van der Waals surface area contributed by atoms with Crippen molar-refractivity contribution < 1.29 is 19.1 Å². The van der Waals surface area contributed by atoms with E-state index in [0.29, 0.717) is 11.1 Å². The molecule has 0 radical (unpaired) electrons. The second-order valence-corrected chi connectivity index (χ2v) is 6.39. The minimum absolute atomic E-state index is 0.0425. The molecule has 0 amide bonds. The molecule has 120 valence electrons. The Morgan fingerprint density at radius 1 is 1.23 bits per heavy atom. The summed E-state index contributed by atoms with van der Waals surface area (Å²) in [6, 6.07) is 0. The number of rotatable bonds is 6. The van der Waals surface area contributed by atoms with Crippen molar-refractivity contribution in [1.82, 2.24) is 0 Å². The molecule has 0 bridgehead atoms. The summed E-state index contributed by atoms with van der Waals surface area (Å²) in [5.41, 5.74) is 1.57. The van der Waals surface area contributed by atoms with Gasteiger partial charge in [-0.2, -0.15) is 0 Å².